The Morgan fingerprint density at radius 1 is 1.67 bits per heavy atom. The molecule has 0 aliphatic carbocycles. The first kappa shape index (κ1) is 8.97. The van der Waals surface area contributed by atoms with Crippen LogP contribution in [0.1, 0.15) is 36.7 Å². The molecular weight excluding hydrogens is 152 g/mol. The molecule has 12 heavy (non-hydrogen) atoms. The first-order valence-electron chi connectivity index (χ1n) is 4.29. The number of hydrogen-bond acceptors (Lipinski definition) is 2. The summed E-state index contributed by atoms with van der Waals surface area (Å²) in [6.45, 7) is 3.95. The Morgan fingerprint density at radius 3 is 2.92 bits per heavy atom. The van der Waals surface area contributed by atoms with Crippen molar-refractivity contribution in [3.63, 3.8) is 0 Å². The van der Waals surface area contributed by atoms with Gasteiger partial charge in [0.05, 0.1) is 5.69 Å². The van der Waals surface area contributed by atoms with Gasteiger partial charge in [0.15, 0.2) is 0 Å². The fourth-order valence-electron chi connectivity index (χ4n) is 0.997. The third kappa shape index (κ3) is 2.19. The molecule has 66 valence electrons. The van der Waals surface area contributed by atoms with Crippen LogP contribution in [0.25, 0.3) is 0 Å². The minimum Gasteiger partial charge on any atom is -0.273 e. The molecule has 0 aromatic carbocycles. The van der Waals surface area contributed by atoms with Crippen LogP contribution in [0, 0.1) is 6.92 Å². The van der Waals surface area contributed by atoms with Crippen molar-refractivity contribution in [3.8, 4) is 0 Å². The quantitative estimate of drug-likeness (QED) is 0.688. The first-order chi connectivity index (χ1) is 5.74. The third-order valence-electron chi connectivity index (χ3n) is 1.72. The predicted octanol–water partition coefficient (Wildman–Crippen LogP) is 2.02. The number of aromatic nitrogens is 2. The van der Waals surface area contributed by atoms with Gasteiger partial charge in [0.2, 0.25) is 5.91 Å². The second-order valence-electron chi connectivity index (χ2n) is 2.90. The lowest BCUT2D eigenvalue weighted by Crippen LogP contribution is -2.10. The molecule has 0 saturated heterocycles. The number of unbranched alkanes of at least 4 members (excludes halogenated alkanes) is 1. The summed E-state index contributed by atoms with van der Waals surface area (Å²) in [6.07, 6.45) is 4.30. The number of carbonyl (C=O) groups is 1. The number of nitrogens with zero attached hydrogens (tertiary/aromatic N) is 2. The van der Waals surface area contributed by atoms with Crippen LogP contribution in [0.15, 0.2) is 12.3 Å². The van der Waals surface area contributed by atoms with Crippen molar-refractivity contribution in [2.24, 2.45) is 0 Å². The van der Waals surface area contributed by atoms with Crippen molar-refractivity contribution >= 4 is 5.91 Å². The molecule has 1 aromatic rings. The highest BCUT2D eigenvalue weighted by Gasteiger charge is 2.03. The van der Waals surface area contributed by atoms with Gasteiger partial charge in [-0.25, -0.2) is 4.68 Å². The van der Waals surface area contributed by atoms with Crippen molar-refractivity contribution in [3.05, 3.63) is 18.0 Å². The van der Waals surface area contributed by atoms with Crippen molar-refractivity contribution in [2.75, 3.05) is 0 Å². The van der Waals surface area contributed by atoms with Crippen LogP contribution in [0.5, 0.6) is 0 Å². The van der Waals surface area contributed by atoms with Crippen LogP contribution >= 0.6 is 0 Å². The molecule has 0 aliphatic heterocycles. The second kappa shape index (κ2) is 4.04. The molecule has 3 heteroatoms. The summed E-state index contributed by atoms with van der Waals surface area (Å²) in [6, 6.07) is 1.84. The zero-order valence-corrected chi connectivity index (χ0v) is 7.58. The average Bonchev–Trinajstić information content (AvgIpc) is 2.47. The molecule has 1 rings (SSSR count). The maximum absolute atomic E-state index is 11.3. The van der Waals surface area contributed by atoms with Gasteiger partial charge in [-0.3, -0.25) is 4.79 Å². The van der Waals surface area contributed by atoms with Crippen LogP contribution in [0.2, 0.25) is 0 Å². The van der Waals surface area contributed by atoms with Crippen molar-refractivity contribution < 1.29 is 4.79 Å². The van der Waals surface area contributed by atoms with Crippen molar-refractivity contribution in [1.82, 2.24) is 9.78 Å². The molecule has 3 nitrogen and oxygen atoms in total. The topological polar surface area (TPSA) is 34.9 Å². The molecule has 0 spiro atoms. The number of carbonyl (C=O) groups excluding carboxylic acids is 1. The number of aryl methyl sites for hydroxylation is 1. The Balaban J connectivity index is 2.53. The Bertz CT molecular complexity index is 265. The Labute approximate surface area is 72.4 Å². The zero-order chi connectivity index (χ0) is 8.97. The molecule has 0 aliphatic rings. The molecule has 0 fully saturated rings. The SMILES string of the molecule is CCCCC(=O)n1ccc(C)n1. The smallest absolute Gasteiger partial charge is 0.246 e. The summed E-state index contributed by atoms with van der Waals surface area (Å²) >= 11 is 0. The fraction of sp³-hybridized carbons (Fsp3) is 0.556. The molecule has 0 bridgehead atoms. The normalized spacial score (nSPS) is 10.2. The number of hydrogen-bond donors (Lipinski definition) is 0. The highest BCUT2D eigenvalue weighted by Crippen LogP contribution is 1.99. The summed E-state index contributed by atoms with van der Waals surface area (Å²) in [4.78, 5) is 11.3. The molecule has 0 N–H and O–H groups in total. The van der Waals surface area contributed by atoms with Gasteiger partial charge < -0.3 is 0 Å². The lowest BCUT2D eigenvalue weighted by atomic mass is 10.2. The summed E-state index contributed by atoms with van der Waals surface area (Å²) < 4.78 is 1.42. The highest BCUT2D eigenvalue weighted by atomic mass is 16.2. The van der Waals surface area contributed by atoms with E-state index in [1.165, 1.54) is 4.68 Å². The monoisotopic (exact) mass is 166 g/mol. The lowest BCUT2D eigenvalue weighted by Gasteiger charge is -1.97. The Morgan fingerprint density at radius 2 is 2.42 bits per heavy atom. The second-order valence-corrected chi connectivity index (χ2v) is 2.90. The Kier molecular flexibility index (Phi) is 3.02. The maximum atomic E-state index is 11.3. The van der Waals surface area contributed by atoms with E-state index in [1.54, 1.807) is 6.20 Å². The molecule has 0 atom stereocenters. The van der Waals surface area contributed by atoms with E-state index in [0.29, 0.717) is 6.42 Å². The van der Waals surface area contributed by atoms with E-state index < -0.39 is 0 Å². The van der Waals surface area contributed by atoms with Gasteiger partial charge in [0.1, 0.15) is 0 Å². The van der Waals surface area contributed by atoms with Gasteiger partial charge in [-0.2, -0.15) is 5.10 Å². The molecule has 0 saturated carbocycles. The number of rotatable bonds is 3. The molecule has 1 aromatic heterocycles. The van der Waals surface area contributed by atoms with Gasteiger partial charge in [-0.05, 0) is 19.4 Å². The zero-order valence-electron chi connectivity index (χ0n) is 7.58. The van der Waals surface area contributed by atoms with Crippen LogP contribution in [-0.2, 0) is 0 Å². The van der Waals surface area contributed by atoms with Gasteiger partial charge in [-0.1, -0.05) is 13.3 Å². The average molecular weight is 166 g/mol. The van der Waals surface area contributed by atoms with E-state index in [9.17, 15) is 4.79 Å². The summed E-state index contributed by atoms with van der Waals surface area (Å²) in [7, 11) is 0. The Hall–Kier alpha value is -1.12. The molecule has 0 radical (unpaired) electrons. The van der Waals surface area contributed by atoms with E-state index in [-0.39, 0.29) is 5.91 Å². The third-order valence-corrected chi connectivity index (χ3v) is 1.72. The molecule has 0 unspecified atom stereocenters. The van der Waals surface area contributed by atoms with Crippen molar-refractivity contribution in [1.29, 1.82) is 0 Å². The maximum Gasteiger partial charge on any atom is 0.246 e. The van der Waals surface area contributed by atoms with Crippen molar-refractivity contribution in [2.45, 2.75) is 33.1 Å². The van der Waals surface area contributed by atoms with E-state index in [4.69, 9.17) is 0 Å². The lowest BCUT2D eigenvalue weighted by molar-refractivity contribution is 0.0883. The van der Waals surface area contributed by atoms with E-state index in [0.717, 1.165) is 18.5 Å². The molecule has 0 amide bonds. The van der Waals surface area contributed by atoms with Crippen LogP contribution in [-0.4, -0.2) is 15.7 Å². The summed E-state index contributed by atoms with van der Waals surface area (Å²) in [5, 5.41) is 4.03. The standard InChI is InChI=1S/C9H14N2O/c1-3-4-5-9(12)11-7-6-8(2)10-11/h6-7H,3-5H2,1-2H3. The van der Waals surface area contributed by atoms with E-state index in [1.807, 2.05) is 13.0 Å². The first-order valence-corrected chi connectivity index (χ1v) is 4.29. The highest BCUT2D eigenvalue weighted by molar-refractivity contribution is 5.77. The van der Waals surface area contributed by atoms with Gasteiger partial charge >= 0.3 is 0 Å². The van der Waals surface area contributed by atoms with Crippen LogP contribution in [0.3, 0.4) is 0 Å². The predicted molar refractivity (Wildman–Crippen MR) is 47.1 cm³/mol. The molecule has 1 heterocycles. The summed E-state index contributed by atoms with van der Waals surface area (Å²) in [5.41, 5.74) is 0.889. The largest absolute Gasteiger partial charge is 0.273 e. The van der Waals surface area contributed by atoms with Crippen LogP contribution < -0.4 is 0 Å². The minimum absolute atomic E-state index is 0.0879. The van der Waals surface area contributed by atoms with Gasteiger partial charge in [0, 0.05) is 12.6 Å². The van der Waals surface area contributed by atoms with Gasteiger partial charge in [-0.15, -0.1) is 0 Å². The minimum atomic E-state index is 0.0879. The summed E-state index contributed by atoms with van der Waals surface area (Å²) in [5.74, 6) is 0.0879. The van der Waals surface area contributed by atoms with E-state index >= 15 is 0 Å². The van der Waals surface area contributed by atoms with Crippen LogP contribution in [0.4, 0.5) is 0 Å². The van der Waals surface area contributed by atoms with E-state index in [2.05, 4.69) is 12.0 Å². The molecular formula is C9H14N2O. The van der Waals surface area contributed by atoms with Gasteiger partial charge in [0.25, 0.3) is 0 Å². The fourth-order valence-corrected chi connectivity index (χ4v) is 0.997.